The number of hydrogen-bond acceptors (Lipinski definition) is 4. The standard InChI is InChI=1S/C15H10Cl2N2OS2/c16-10-4-3-9(6-11(10)17)7-14(20)19-15-18-12(8-22-15)13-2-1-5-21-13/h1-6,8H,7H2,(H,18,19,20). The molecule has 2 aromatic heterocycles. The molecule has 112 valence electrons. The number of nitrogens with zero attached hydrogens (tertiary/aromatic N) is 1. The van der Waals surface area contributed by atoms with E-state index < -0.39 is 0 Å². The number of halogens is 2. The van der Waals surface area contributed by atoms with Crippen LogP contribution in [0, 0.1) is 0 Å². The highest BCUT2D eigenvalue weighted by Crippen LogP contribution is 2.28. The van der Waals surface area contributed by atoms with E-state index in [2.05, 4.69) is 10.3 Å². The summed E-state index contributed by atoms with van der Waals surface area (Å²) in [4.78, 5) is 17.6. The van der Waals surface area contributed by atoms with Gasteiger partial charge in [-0.05, 0) is 29.1 Å². The summed E-state index contributed by atoms with van der Waals surface area (Å²) in [5.74, 6) is -0.134. The smallest absolute Gasteiger partial charge is 0.230 e. The molecule has 1 N–H and O–H groups in total. The van der Waals surface area contributed by atoms with Crippen LogP contribution in [0.2, 0.25) is 10.0 Å². The Hall–Kier alpha value is -1.40. The number of nitrogens with one attached hydrogen (secondary N) is 1. The molecule has 0 aliphatic rings. The molecule has 1 aromatic carbocycles. The van der Waals surface area contributed by atoms with E-state index in [9.17, 15) is 4.79 Å². The summed E-state index contributed by atoms with van der Waals surface area (Å²) in [6.45, 7) is 0. The van der Waals surface area contributed by atoms with Crippen LogP contribution in [0.5, 0.6) is 0 Å². The zero-order valence-corrected chi connectivity index (χ0v) is 14.3. The predicted octanol–water partition coefficient (Wildman–Crippen LogP) is 5.36. The van der Waals surface area contributed by atoms with Gasteiger partial charge in [-0.2, -0.15) is 0 Å². The van der Waals surface area contributed by atoms with E-state index in [1.165, 1.54) is 11.3 Å². The number of aromatic nitrogens is 1. The molecule has 1 amide bonds. The molecule has 0 saturated carbocycles. The number of amides is 1. The number of benzene rings is 1. The van der Waals surface area contributed by atoms with Gasteiger partial charge in [0.25, 0.3) is 0 Å². The number of anilines is 1. The van der Waals surface area contributed by atoms with Gasteiger partial charge in [0.05, 0.1) is 27.0 Å². The zero-order valence-electron chi connectivity index (χ0n) is 11.2. The number of hydrogen-bond donors (Lipinski definition) is 1. The molecule has 0 spiro atoms. The van der Waals surface area contributed by atoms with E-state index in [0.29, 0.717) is 15.2 Å². The summed E-state index contributed by atoms with van der Waals surface area (Å²) < 4.78 is 0. The third kappa shape index (κ3) is 3.67. The van der Waals surface area contributed by atoms with Crippen LogP contribution < -0.4 is 5.32 Å². The number of thiophene rings is 1. The fourth-order valence-electron chi connectivity index (χ4n) is 1.87. The van der Waals surface area contributed by atoms with Crippen molar-refractivity contribution in [3.8, 4) is 10.6 Å². The molecule has 3 aromatic rings. The first-order chi connectivity index (χ1) is 10.6. The fourth-order valence-corrected chi connectivity index (χ4v) is 3.68. The van der Waals surface area contributed by atoms with Crippen LogP contribution in [0.25, 0.3) is 10.6 Å². The molecule has 0 aliphatic heterocycles. The van der Waals surface area contributed by atoms with Gasteiger partial charge in [0.2, 0.25) is 5.91 Å². The van der Waals surface area contributed by atoms with E-state index in [-0.39, 0.29) is 12.3 Å². The second kappa shape index (κ2) is 6.79. The van der Waals surface area contributed by atoms with Crippen molar-refractivity contribution in [2.45, 2.75) is 6.42 Å². The molecule has 0 unspecified atom stereocenters. The Labute approximate surface area is 145 Å². The maximum atomic E-state index is 12.1. The van der Waals surface area contributed by atoms with Crippen LogP contribution in [0.15, 0.2) is 41.1 Å². The Morgan fingerprint density at radius 2 is 2.05 bits per heavy atom. The van der Waals surface area contributed by atoms with Crippen molar-refractivity contribution in [3.05, 3.63) is 56.7 Å². The molecule has 0 radical (unpaired) electrons. The summed E-state index contributed by atoms with van der Waals surface area (Å²) in [5.41, 5.74) is 1.69. The van der Waals surface area contributed by atoms with E-state index in [1.54, 1.807) is 29.5 Å². The molecule has 7 heteroatoms. The highest BCUT2D eigenvalue weighted by atomic mass is 35.5. The van der Waals surface area contributed by atoms with Crippen molar-refractivity contribution in [3.63, 3.8) is 0 Å². The van der Waals surface area contributed by atoms with Crippen molar-refractivity contribution in [2.24, 2.45) is 0 Å². The minimum atomic E-state index is -0.134. The van der Waals surface area contributed by atoms with Gasteiger partial charge in [-0.1, -0.05) is 35.3 Å². The van der Waals surface area contributed by atoms with Gasteiger partial charge >= 0.3 is 0 Å². The summed E-state index contributed by atoms with van der Waals surface area (Å²) in [7, 11) is 0. The Morgan fingerprint density at radius 1 is 1.18 bits per heavy atom. The van der Waals surface area contributed by atoms with Gasteiger partial charge < -0.3 is 5.32 Å². The topological polar surface area (TPSA) is 42.0 Å². The first-order valence-electron chi connectivity index (χ1n) is 6.35. The number of carbonyl (C=O) groups is 1. The second-order valence-electron chi connectivity index (χ2n) is 4.49. The van der Waals surface area contributed by atoms with Gasteiger partial charge in [0.15, 0.2) is 5.13 Å². The van der Waals surface area contributed by atoms with Crippen molar-refractivity contribution in [1.29, 1.82) is 0 Å². The first kappa shape index (κ1) is 15.5. The number of carbonyl (C=O) groups excluding carboxylic acids is 1. The first-order valence-corrected chi connectivity index (χ1v) is 8.86. The average molecular weight is 369 g/mol. The van der Waals surface area contributed by atoms with Crippen molar-refractivity contribution in [1.82, 2.24) is 4.98 Å². The normalized spacial score (nSPS) is 10.6. The maximum Gasteiger partial charge on any atom is 0.230 e. The molecule has 0 bridgehead atoms. The van der Waals surface area contributed by atoms with Gasteiger partial charge in [-0.15, -0.1) is 22.7 Å². The molecular weight excluding hydrogens is 359 g/mol. The molecular formula is C15H10Cl2N2OS2. The maximum absolute atomic E-state index is 12.1. The minimum absolute atomic E-state index is 0.134. The lowest BCUT2D eigenvalue weighted by Gasteiger charge is -2.03. The molecule has 2 heterocycles. The Balaban J connectivity index is 1.65. The second-order valence-corrected chi connectivity index (χ2v) is 7.11. The Morgan fingerprint density at radius 3 is 2.77 bits per heavy atom. The van der Waals surface area contributed by atoms with Crippen LogP contribution in [0.1, 0.15) is 5.56 Å². The van der Waals surface area contributed by atoms with Crippen LogP contribution in [-0.4, -0.2) is 10.9 Å². The lowest BCUT2D eigenvalue weighted by Crippen LogP contribution is -2.14. The molecule has 22 heavy (non-hydrogen) atoms. The molecule has 3 nitrogen and oxygen atoms in total. The summed E-state index contributed by atoms with van der Waals surface area (Å²) in [6, 6.07) is 9.14. The van der Waals surface area contributed by atoms with Crippen LogP contribution in [0.4, 0.5) is 5.13 Å². The monoisotopic (exact) mass is 368 g/mol. The number of rotatable bonds is 4. The largest absolute Gasteiger partial charge is 0.302 e. The third-order valence-electron chi connectivity index (χ3n) is 2.87. The van der Waals surface area contributed by atoms with E-state index in [4.69, 9.17) is 23.2 Å². The van der Waals surface area contributed by atoms with Crippen LogP contribution >= 0.6 is 45.9 Å². The van der Waals surface area contributed by atoms with Crippen molar-refractivity contribution in [2.75, 3.05) is 5.32 Å². The van der Waals surface area contributed by atoms with Gasteiger partial charge in [0.1, 0.15) is 0 Å². The lowest BCUT2D eigenvalue weighted by molar-refractivity contribution is -0.115. The van der Waals surface area contributed by atoms with Gasteiger partial charge in [0, 0.05) is 5.38 Å². The van der Waals surface area contributed by atoms with Gasteiger partial charge in [-0.3, -0.25) is 4.79 Å². The Bertz CT molecular complexity index is 800. The van der Waals surface area contributed by atoms with E-state index >= 15 is 0 Å². The summed E-state index contributed by atoms with van der Waals surface area (Å²) in [6.07, 6.45) is 0.227. The molecule has 0 saturated heterocycles. The SMILES string of the molecule is O=C(Cc1ccc(Cl)c(Cl)c1)Nc1nc(-c2cccs2)cs1. The molecule has 0 atom stereocenters. The minimum Gasteiger partial charge on any atom is -0.302 e. The zero-order chi connectivity index (χ0) is 15.5. The molecule has 3 rings (SSSR count). The fraction of sp³-hybridized carbons (Fsp3) is 0.0667. The van der Waals surface area contributed by atoms with E-state index in [1.807, 2.05) is 22.9 Å². The van der Waals surface area contributed by atoms with Crippen LogP contribution in [-0.2, 0) is 11.2 Å². The Kier molecular flexibility index (Phi) is 4.78. The average Bonchev–Trinajstić information content (AvgIpc) is 3.13. The van der Waals surface area contributed by atoms with Crippen molar-refractivity contribution < 1.29 is 4.79 Å². The summed E-state index contributed by atoms with van der Waals surface area (Å²) >= 11 is 14.8. The summed E-state index contributed by atoms with van der Waals surface area (Å²) in [5, 5.41) is 8.25. The number of thiazole rings is 1. The highest BCUT2D eigenvalue weighted by Gasteiger charge is 2.10. The molecule has 0 aliphatic carbocycles. The van der Waals surface area contributed by atoms with Gasteiger partial charge in [-0.25, -0.2) is 4.98 Å². The van der Waals surface area contributed by atoms with Crippen molar-refractivity contribution >= 4 is 56.9 Å². The van der Waals surface area contributed by atoms with E-state index in [0.717, 1.165) is 16.1 Å². The lowest BCUT2D eigenvalue weighted by atomic mass is 10.1. The quantitative estimate of drug-likeness (QED) is 0.673. The molecule has 0 fully saturated rings. The predicted molar refractivity (Wildman–Crippen MR) is 94.2 cm³/mol. The van der Waals surface area contributed by atoms with Crippen LogP contribution in [0.3, 0.4) is 0 Å². The highest BCUT2D eigenvalue weighted by molar-refractivity contribution is 7.16. The third-order valence-corrected chi connectivity index (χ3v) is 5.26.